The highest BCUT2D eigenvalue weighted by molar-refractivity contribution is 7.89. The standard InChI is InChI=1S/C29H33N5O6S/c30-29(31)32-16-15-20-6-4-7-23(18-20)40-22-13-11-21(12-14-22)19-25(28(36)37)33-27(35)26-10-5-17-34(26)41(38,39)24-8-2-1-3-9-24/h1-4,6-9,11-14,18,25-26H,5,10,15-17,19H2,(H,33,35)(H,36,37)(H4,30,31,32)/t25-,26-/m0/s1. The second-order valence-electron chi connectivity index (χ2n) is 9.67. The van der Waals surface area contributed by atoms with E-state index in [0.29, 0.717) is 42.9 Å². The van der Waals surface area contributed by atoms with E-state index in [9.17, 15) is 23.1 Å². The van der Waals surface area contributed by atoms with Gasteiger partial charge in [-0.1, -0.05) is 42.5 Å². The lowest BCUT2D eigenvalue weighted by Crippen LogP contribution is -2.51. The van der Waals surface area contributed by atoms with Crippen LogP contribution in [0.5, 0.6) is 11.5 Å². The number of benzene rings is 3. The number of hydrogen-bond donors (Lipinski definition) is 5. The summed E-state index contributed by atoms with van der Waals surface area (Å²) < 4.78 is 33.3. The van der Waals surface area contributed by atoms with Crippen molar-refractivity contribution in [1.82, 2.24) is 14.9 Å². The van der Waals surface area contributed by atoms with Crippen molar-refractivity contribution >= 4 is 27.9 Å². The van der Waals surface area contributed by atoms with Gasteiger partial charge in [0.05, 0.1) is 4.90 Å². The third kappa shape index (κ3) is 7.83. The third-order valence-electron chi connectivity index (χ3n) is 6.70. The zero-order valence-electron chi connectivity index (χ0n) is 22.3. The molecule has 0 bridgehead atoms. The second kappa shape index (κ2) is 13.3. The summed E-state index contributed by atoms with van der Waals surface area (Å²) in [6, 6.07) is 20.0. The van der Waals surface area contributed by atoms with Gasteiger partial charge >= 0.3 is 5.97 Å². The SMILES string of the molecule is N=C(N)NCCc1cccc(Oc2ccc(C[C@H](NC(=O)[C@@H]3CCCN3S(=O)(=O)c3ccccc3)C(=O)O)cc2)c1. The first kappa shape index (κ1) is 29.6. The van der Waals surface area contributed by atoms with Crippen molar-refractivity contribution in [2.45, 2.75) is 42.7 Å². The number of ether oxygens (including phenoxy) is 1. The molecular weight excluding hydrogens is 546 g/mol. The van der Waals surface area contributed by atoms with Crippen molar-refractivity contribution in [3.63, 3.8) is 0 Å². The molecule has 2 atom stereocenters. The molecule has 1 heterocycles. The Morgan fingerprint density at radius 2 is 1.76 bits per heavy atom. The lowest BCUT2D eigenvalue weighted by atomic mass is 10.0. The summed E-state index contributed by atoms with van der Waals surface area (Å²) in [7, 11) is -3.89. The topological polar surface area (TPSA) is 175 Å². The molecule has 1 aliphatic heterocycles. The summed E-state index contributed by atoms with van der Waals surface area (Å²) in [6.07, 6.45) is 1.49. The van der Waals surface area contributed by atoms with Crippen molar-refractivity contribution in [2.75, 3.05) is 13.1 Å². The molecule has 4 rings (SSSR count). The van der Waals surface area contributed by atoms with Crippen LogP contribution in [0, 0.1) is 5.41 Å². The summed E-state index contributed by atoms with van der Waals surface area (Å²) >= 11 is 0. The summed E-state index contributed by atoms with van der Waals surface area (Å²) in [5, 5.41) is 22.3. The maximum absolute atomic E-state index is 13.1. The van der Waals surface area contributed by atoms with Gasteiger partial charge in [-0.2, -0.15) is 4.31 Å². The van der Waals surface area contributed by atoms with Gasteiger partial charge in [0, 0.05) is 19.5 Å². The lowest BCUT2D eigenvalue weighted by molar-refractivity contribution is -0.142. The first-order chi connectivity index (χ1) is 19.6. The molecule has 41 heavy (non-hydrogen) atoms. The molecule has 1 fully saturated rings. The first-order valence-electron chi connectivity index (χ1n) is 13.2. The van der Waals surface area contributed by atoms with E-state index in [1.165, 1.54) is 12.1 Å². The summed E-state index contributed by atoms with van der Waals surface area (Å²) in [5.74, 6) is -0.756. The minimum Gasteiger partial charge on any atom is -0.480 e. The van der Waals surface area contributed by atoms with Crippen molar-refractivity contribution in [2.24, 2.45) is 5.73 Å². The summed E-state index contributed by atoms with van der Waals surface area (Å²) in [5.41, 5.74) is 6.98. The van der Waals surface area contributed by atoms with Gasteiger partial charge in [-0.25, -0.2) is 13.2 Å². The Morgan fingerprint density at radius 1 is 1.02 bits per heavy atom. The molecule has 1 saturated heterocycles. The van der Waals surface area contributed by atoms with Crippen LogP contribution in [0.15, 0.2) is 83.8 Å². The van der Waals surface area contributed by atoms with E-state index in [4.69, 9.17) is 15.9 Å². The number of sulfonamides is 1. The number of carbonyl (C=O) groups is 2. The Kier molecular flexibility index (Phi) is 9.58. The van der Waals surface area contributed by atoms with E-state index in [1.807, 2.05) is 24.3 Å². The fraction of sp³-hybridized carbons (Fsp3) is 0.276. The summed E-state index contributed by atoms with van der Waals surface area (Å²) in [6.45, 7) is 0.711. The van der Waals surface area contributed by atoms with Crippen LogP contribution in [0.1, 0.15) is 24.0 Å². The Hall–Kier alpha value is -4.42. The van der Waals surface area contributed by atoms with Crippen LogP contribution in [0.2, 0.25) is 0 Å². The molecule has 0 saturated carbocycles. The molecular formula is C29H33N5O6S. The molecule has 216 valence electrons. The number of guanidine groups is 1. The van der Waals surface area contributed by atoms with Crippen LogP contribution >= 0.6 is 0 Å². The van der Waals surface area contributed by atoms with Gasteiger partial charge in [-0.3, -0.25) is 10.2 Å². The normalized spacial score (nSPS) is 16.0. The van der Waals surface area contributed by atoms with Crippen LogP contribution in [-0.2, 0) is 32.5 Å². The second-order valence-corrected chi connectivity index (χ2v) is 11.6. The Bertz CT molecular complexity index is 1480. The number of nitrogens with one attached hydrogen (secondary N) is 3. The van der Waals surface area contributed by atoms with Crippen LogP contribution in [0.3, 0.4) is 0 Å². The number of nitrogens with two attached hydrogens (primary N) is 1. The van der Waals surface area contributed by atoms with Crippen molar-refractivity contribution in [1.29, 1.82) is 5.41 Å². The minimum absolute atomic E-state index is 0.0120. The van der Waals surface area contributed by atoms with Crippen LogP contribution in [-0.4, -0.2) is 60.8 Å². The van der Waals surface area contributed by atoms with Crippen LogP contribution in [0.4, 0.5) is 0 Å². The zero-order valence-corrected chi connectivity index (χ0v) is 23.1. The molecule has 3 aromatic carbocycles. The van der Waals surface area contributed by atoms with E-state index < -0.39 is 34.0 Å². The highest BCUT2D eigenvalue weighted by Crippen LogP contribution is 2.27. The number of amides is 1. The molecule has 12 heteroatoms. The molecule has 1 amide bonds. The number of aliphatic carboxylic acids is 1. The fourth-order valence-corrected chi connectivity index (χ4v) is 6.33. The average Bonchev–Trinajstić information content (AvgIpc) is 3.46. The van der Waals surface area contributed by atoms with E-state index >= 15 is 0 Å². The average molecular weight is 580 g/mol. The van der Waals surface area contributed by atoms with Gasteiger partial charge < -0.3 is 26.2 Å². The van der Waals surface area contributed by atoms with Crippen LogP contribution < -0.4 is 21.1 Å². The molecule has 6 N–H and O–H groups in total. The maximum atomic E-state index is 13.1. The monoisotopic (exact) mass is 579 g/mol. The smallest absolute Gasteiger partial charge is 0.326 e. The lowest BCUT2D eigenvalue weighted by Gasteiger charge is -2.25. The Balaban J connectivity index is 1.37. The zero-order chi connectivity index (χ0) is 29.4. The number of hydrogen-bond acceptors (Lipinski definition) is 6. The third-order valence-corrected chi connectivity index (χ3v) is 8.62. The van der Waals surface area contributed by atoms with E-state index in [0.717, 1.165) is 9.87 Å². The van der Waals surface area contributed by atoms with E-state index in [-0.39, 0.29) is 23.8 Å². The van der Waals surface area contributed by atoms with Gasteiger partial charge in [0.25, 0.3) is 0 Å². The fourth-order valence-electron chi connectivity index (χ4n) is 4.66. The maximum Gasteiger partial charge on any atom is 0.326 e. The molecule has 0 aromatic heterocycles. The highest BCUT2D eigenvalue weighted by Gasteiger charge is 2.40. The van der Waals surface area contributed by atoms with Gasteiger partial charge in [0.1, 0.15) is 23.6 Å². The first-order valence-corrected chi connectivity index (χ1v) is 14.6. The Labute approximate surface area is 238 Å². The molecule has 3 aromatic rings. The number of carboxylic acid groups (broad SMARTS) is 1. The van der Waals surface area contributed by atoms with Gasteiger partial charge in [0.15, 0.2) is 5.96 Å². The van der Waals surface area contributed by atoms with Crippen molar-refractivity contribution < 1.29 is 27.9 Å². The molecule has 0 unspecified atom stereocenters. The number of nitrogens with zero attached hydrogens (tertiary/aromatic N) is 1. The van der Waals surface area contributed by atoms with Gasteiger partial charge in [-0.05, 0) is 66.8 Å². The van der Waals surface area contributed by atoms with Crippen molar-refractivity contribution in [3.8, 4) is 11.5 Å². The molecule has 0 spiro atoms. The minimum atomic E-state index is -3.89. The molecule has 11 nitrogen and oxygen atoms in total. The predicted octanol–water partition coefficient (Wildman–Crippen LogP) is 2.47. The van der Waals surface area contributed by atoms with Gasteiger partial charge in [0.2, 0.25) is 15.9 Å². The van der Waals surface area contributed by atoms with E-state index in [1.54, 1.807) is 42.5 Å². The molecule has 0 aliphatic carbocycles. The largest absolute Gasteiger partial charge is 0.480 e. The van der Waals surface area contributed by atoms with Crippen molar-refractivity contribution in [3.05, 3.63) is 90.0 Å². The highest BCUT2D eigenvalue weighted by atomic mass is 32.2. The van der Waals surface area contributed by atoms with E-state index in [2.05, 4.69) is 10.6 Å². The Morgan fingerprint density at radius 3 is 2.44 bits per heavy atom. The molecule has 1 aliphatic rings. The van der Waals surface area contributed by atoms with Gasteiger partial charge in [-0.15, -0.1) is 0 Å². The number of rotatable bonds is 12. The van der Waals surface area contributed by atoms with Crippen LogP contribution in [0.25, 0.3) is 0 Å². The summed E-state index contributed by atoms with van der Waals surface area (Å²) in [4.78, 5) is 25.2. The predicted molar refractivity (Wildman–Crippen MR) is 153 cm³/mol. The quantitative estimate of drug-likeness (QED) is 0.161. The molecule has 0 radical (unpaired) electrons. The number of carbonyl (C=O) groups excluding carboxylic acids is 1. The number of carboxylic acids is 1.